The molecule has 1 aromatic heterocycles. The molecule has 0 unspecified atom stereocenters. The molecule has 0 spiro atoms. The zero-order valence-electron chi connectivity index (χ0n) is 14.1. The summed E-state index contributed by atoms with van der Waals surface area (Å²) in [6, 6.07) is 7.64. The standard InChI is InChI=1S/C18H24N4O2/c1-14(23)22-9-7-21(8-10-22)13-18-6-5-17(24-18)11-15-3-2-4-16(12-19)20-15/h2-4,17-18H,5-11,13H2,1H3/t17-,18+/m0/s1. The van der Waals surface area contributed by atoms with E-state index >= 15 is 0 Å². The second-order valence-corrected chi connectivity index (χ2v) is 6.59. The summed E-state index contributed by atoms with van der Waals surface area (Å²) >= 11 is 0. The highest BCUT2D eigenvalue weighted by Crippen LogP contribution is 2.23. The van der Waals surface area contributed by atoms with Crippen LogP contribution in [0.15, 0.2) is 18.2 Å². The lowest BCUT2D eigenvalue weighted by Gasteiger charge is -2.35. The maximum Gasteiger partial charge on any atom is 0.219 e. The molecule has 2 aliphatic heterocycles. The molecule has 0 radical (unpaired) electrons. The maximum atomic E-state index is 11.4. The fourth-order valence-electron chi connectivity index (χ4n) is 3.49. The van der Waals surface area contributed by atoms with Crippen LogP contribution in [0.25, 0.3) is 0 Å². The monoisotopic (exact) mass is 328 g/mol. The highest BCUT2D eigenvalue weighted by atomic mass is 16.5. The number of nitrogens with zero attached hydrogens (tertiary/aromatic N) is 4. The molecule has 24 heavy (non-hydrogen) atoms. The highest BCUT2D eigenvalue weighted by Gasteiger charge is 2.28. The van der Waals surface area contributed by atoms with Crippen molar-refractivity contribution in [3.8, 4) is 6.07 Å². The highest BCUT2D eigenvalue weighted by molar-refractivity contribution is 5.73. The average molecular weight is 328 g/mol. The van der Waals surface area contributed by atoms with E-state index in [2.05, 4.69) is 16.0 Å². The lowest BCUT2D eigenvalue weighted by atomic mass is 10.1. The molecule has 6 heteroatoms. The smallest absolute Gasteiger partial charge is 0.219 e. The number of hydrogen-bond acceptors (Lipinski definition) is 5. The van der Waals surface area contributed by atoms with Crippen molar-refractivity contribution in [2.24, 2.45) is 0 Å². The summed E-state index contributed by atoms with van der Waals surface area (Å²) in [5, 5.41) is 8.93. The van der Waals surface area contributed by atoms with Crippen molar-refractivity contribution in [2.75, 3.05) is 32.7 Å². The molecule has 0 bridgehead atoms. The molecular formula is C18H24N4O2. The third-order valence-electron chi connectivity index (χ3n) is 4.83. The van der Waals surface area contributed by atoms with Gasteiger partial charge in [0.25, 0.3) is 0 Å². The number of hydrogen-bond donors (Lipinski definition) is 0. The maximum absolute atomic E-state index is 11.4. The Morgan fingerprint density at radius 3 is 2.75 bits per heavy atom. The summed E-state index contributed by atoms with van der Waals surface area (Å²) in [6.07, 6.45) is 3.32. The van der Waals surface area contributed by atoms with Crippen molar-refractivity contribution in [1.82, 2.24) is 14.8 Å². The van der Waals surface area contributed by atoms with Crippen molar-refractivity contribution in [2.45, 2.75) is 38.4 Å². The van der Waals surface area contributed by atoms with E-state index in [4.69, 9.17) is 10.00 Å². The lowest BCUT2D eigenvalue weighted by molar-refractivity contribution is -0.130. The van der Waals surface area contributed by atoms with E-state index in [0.717, 1.165) is 57.7 Å². The van der Waals surface area contributed by atoms with Crippen LogP contribution in [0.4, 0.5) is 0 Å². The molecule has 0 aliphatic carbocycles. The van der Waals surface area contributed by atoms with Gasteiger partial charge in [0.1, 0.15) is 11.8 Å². The van der Waals surface area contributed by atoms with E-state index in [-0.39, 0.29) is 18.1 Å². The van der Waals surface area contributed by atoms with Gasteiger partial charge in [-0.2, -0.15) is 5.26 Å². The van der Waals surface area contributed by atoms with Gasteiger partial charge in [0.2, 0.25) is 5.91 Å². The number of carbonyl (C=O) groups is 1. The largest absolute Gasteiger partial charge is 0.373 e. The fourth-order valence-corrected chi connectivity index (χ4v) is 3.49. The predicted octanol–water partition coefficient (Wildman–Crippen LogP) is 1.21. The summed E-state index contributed by atoms with van der Waals surface area (Å²) in [4.78, 5) is 20.0. The first-order valence-corrected chi connectivity index (χ1v) is 8.63. The summed E-state index contributed by atoms with van der Waals surface area (Å²) in [6.45, 7) is 6.06. The van der Waals surface area contributed by atoms with Crippen molar-refractivity contribution in [3.63, 3.8) is 0 Å². The summed E-state index contributed by atoms with van der Waals surface area (Å²) in [7, 11) is 0. The van der Waals surface area contributed by atoms with Crippen LogP contribution in [0.3, 0.4) is 0 Å². The van der Waals surface area contributed by atoms with Gasteiger partial charge in [-0.1, -0.05) is 6.07 Å². The van der Waals surface area contributed by atoms with Crippen molar-refractivity contribution < 1.29 is 9.53 Å². The minimum Gasteiger partial charge on any atom is -0.373 e. The second kappa shape index (κ2) is 7.73. The number of ether oxygens (including phenoxy) is 1. The van der Waals surface area contributed by atoms with Gasteiger partial charge in [-0.3, -0.25) is 9.69 Å². The van der Waals surface area contributed by atoms with Crippen LogP contribution >= 0.6 is 0 Å². The van der Waals surface area contributed by atoms with E-state index in [1.807, 2.05) is 17.0 Å². The van der Waals surface area contributed by atoms with Crippen LogP contribution in [-0.4, -0.2) is 65.6 Å². The van der Waals surface area contributed by atoms with Crippen LogP contribution < -0.4 is 0 Å². The quantitative estimate of drug-likeness (QED) is 0.831. The third-order valence-corrected chi connectivity index (χ3v) is 4.83. The number of piperazine rings is 1. The first-order chi connectivity index (χ1) is 11.6. The van der Waals surface area contributed by atoms with E-state index in [1.54, 1.807) is 13.0 Å². The Kier molecular flexibility index (Phi) is 5.44. The number of amides is 1. The lowest BCUT2D eigenvalue weighted by Crippen LogP contribution is -2.49. The van der Waals surface area contributed by atoms with Crippen molar-refractivity contribution in [3.05, 3.63) is 29.6 Å². The number of pyridine rings is 1. The Morgan fingerprint density at radius 1 is 1.29 bits per heavy atom. The molecule has 0 saturated carbocycles. The molecular weight excluding hydrogens is 304 g/mol. The topological polar surface area (TPSA) is 69.5 Å². The number of carbonyl (C=O) groups excluding carboxylic acids is 1. The predicted molar refractivity (Wildman–Crippen MR) is 89.2 cm³/mol. The SMILES string of the molecule is CC(=O)N1CCN(C[C@H]2CC[C@@H](Cc3cccc(C#N)n3)O2)CC1. The number of rotatable bonds is 4. The van der Waals surface area contributed by atoms with E-state index in [9.17, 15) is 4.79 Å². The van der Waals surface area contributed by atoms with Gasteiger partial charge in [0.05, 0.1) is 12.2 Å². The summed E-state index contributed by atoms with van der Waals surface area (Å²) in [5.41, 5.74) is 1.39. The molecule has 1 aromatic rings. The molecule has 6 nitrogen and oxygen atoms in total. The zero-order chi connectivity index (χ0) is 16.9. The Hall–Kier alpha value is -1.97. The van der Waals surface area contributed by atoms with E-state index in [1.165, 1.54) is 0 Å². The van der Waals surface area contributed by atoms with Gasteiger partial charge in [-0.05, 0) is 25.0 Å². The fraction of sp³-hybridized carbons (Fsp3) is 0.611. The van der Waals surface area contributed by atoms with Crippen molar-refractivity contribution in [1.29, 1.82) is 5.26 Å². The van der Waals surface area contributed by atoms with Gasteiger partial charge in [-0.25, -0.2) is 4.98 Å². The minimum atomic E-state index is 0.166. The van der Waals surface area contributed by atoms with E-state index in [0.29, 0.717) is 5.69 Å². The molecule has 0 N–H and O–H groups in total. The van der Waals surface area contributed by atoms with Gasteiger partial charge < -0.3 is 9.64 Å². The summed E-state index contributed by atoms with van der Waals surface area (Å²) in [5.74, 6) is 0.166. The van der Waals surface area contributed by atoms with Gasteiger partial charge in [0, 0.05) is 51.8 Å². The third kappa shape index (κ3) is 4.31. The van der Waals surface area contributed by atoms with Crippen LogP contribution in [-0.2, 0) is 16.0 Å². The first-order valence-electron chi connectivity index (χ1n) is 8.63. The minimum absolute atomic E-state index is 0.166. The molecule has 2 saturated heterocycles. The first kappa shape index (κ1) is 16.9. The Balaban J connectivity index is 1.44. The van der Waals surface area contributed by atoms with Gasteiger partial charge in [-0.15, -0.1) is 0 Å². The van der Waals surface area contributed by atoms with Crippen LogP contribution in [0.1, 0.15) is 31.2 Å². The normalized spacial score (nSPS) is 24.8. The van der Waals surface area contributed by atoms with Gasteiger partial charge in [0.15, 0.2) is 0 Å². The molecule has 3 heterocycles. The van der Waals surface area contributed by atoms with Crippen LogP contribution in [0.2, 0.25) is 0 Å². The number of nitriles is 1. The second-order valence-electron chi connectivity index (χ2n) is 6.59. The molecule has 3 rings (SSSR count). The van der Waals surface area contributed by atoms with E-state index < -0.39 is 0 Å². The molecule has 128 valence electrons. The molecule has 2 atom stereocenters. The zero-order valence-corrected chi connectivity index (χ0v) is 14.1. The molecule has 1 amide bonds. The molecule has 2 fully saturated rings. The van der Waals surface area contributed by atoms with Crippen molar-refractivity contribution >= 4 is 5.91 Å². The van der Waals surface area contributed by atoms with Gasteiger partial charge >= 0.3 is 0 Å². The average Bonchev–Trinajstić information content (AvgIpc) is 3.02. The molecule has 0 aromatic carbocycles. The Bertz CT molecular complexity index is 620. The Morgan fingerprint density at radius 2 is 2.04 bits per heavy atom. The van der Waals surface area contributed by atoms with Crippen LogP contribution in [0, 0.1) is 11.3 Å². The van der Waals surface area contributed by atoms with Crippen LogP contribution in [0.5, 0.6) is 0 Å². The summed E-state index contributed by atoms with van der Waals surface area (Å²) < 4.78 is 6.17. The Labute approximate surface area is 143 Å². The molecule has 2 aliphatic rings. The number of aromatic nitrogens is 1.